The van der Waals surface area contributed by atoms with Gasteiger partial charge in [0.2, 0.25) is 5.72 Å². The number of azide groups is 1. The second-order valence-corrected chi connectivity index (χ2v) is 13.3. The quantitative estimate of drug-likeness (QED) is 0.0825. The molecule has 6 atom stereocenters. The number of alkyl halides is 1. The van der Waals surface area contributed by atoms with Crippen molar-refractivity contribution < 1.29 is 37.4 Å². The van der Waals surface area contributed by atoms with Gasteiger partial charge in [0.25, 0.3) is 0 Å². The zero-order valence-corrected chi connectivity index (χ0v) is 26.0. The maximum Gasteiger partial charge on any atom is 0.459 e. The number of nitrogen functional groups attached to an aromatic ring is 1. The number of aliphatic hydroxyl groups is 1. The summed E-state index contributed by atoms with van der Waals surface area (Å²) in [4.78, 5) is 31.4. The van der Waals surface area contributed by atoms with E-state index < -0.39 is 56.3 Å². The van der Waals surface area contributed by atoms with Crippen molar-refractivity contribution in [1.29, 1.82) is 0 Å². The van der Waals surface area contributed by atoms with Gasteiger partial charge in [-0.15, -0.1) is 0 Å². The Bertz CT molecular complexity index is 1690. The number of anilines is 1. The monoisotopic (exact) mass is 647 g/mol. The number of halogens is 1. The SMILES string of the molecule is C[C@H](NP(=O)(OC[C@@]1(N=[N+]=[N-])O[C@@H](n2ccc(N)nc2=O)[C@H](F)[C@@H]1O)Oc1cccc2ccccc12)C(=O)OCCC(C)(C)C. The normalized spacial score (nSPS) is 23.6. The molecular weight excluding hydrogens is 612 g/mol. The molecule has 45 heavy (non-hydrogen) atoms. The number of hydrogen-bond acceptors (Lipinski definition) is 11. The molecule has 1 unspecified atom stereocenters. The molecule has 1 aliphatic rings. The average Bonchev–Trinajstić information content (AvgIpc) is 3.21. The topological polar surface area (TPSA) is 213 Å². The van der Waals surface area contributed by atoms with Crippen molar-refractivity contribution in [3.63, 3.8) is 0 Å². The summed E-state index contributed by atoms with van der Waals surface area (Å²) in [5.74, 6) is -0.798. The van der Waals surface area contributed by atoms with E-state index in [2.05, 4.69) is 20.1 Å². The van der Waals surface area contributed by atoms with Crippen LogP contribution in [0.15, 0.2) is 64.6 Å². The number of benzene rings is 2. The minimum Gasteiger partial charge on any atom is -0.465 e. The van der Waals surface area contributed by atoms with Crippen molar-refractivity contribution in [3.8, 4) is 5.75 Å². The molecule has 1 aromatic heterocycles. The van der Waals surface area contributed by atoms with E-state index in [1.165, 1.54) is 19.1 Å². The molecule has 2 aromatic carbocycles. The van der Waals surface area contributed by atoms with E-state index >= 15 is 4.39 Å². The standard InChI is InChI=1S/C28H35FN7O8P/c1-17(25(38)41-15-13-27(2,3)4)33-45(40,44-20-11-7-9-18-8-5-6-10-19(18)20)42-16-28(34-35-31)23(37)22(29)24(43-28)36-14-12-21(30)32-26(36)39/h5-12,14,17,22-24,37H,13,15-16H2,1-4H3,(H,33,40)(H2,30,32,39)/t17-,22+,23-,24+,28+,45?/m0/s1. The van der Waals surface area contributed by atoms with Crippen LogP contribution in [0.25, 0.3) is 21.2 Å². The lowest BCUT2D eigenvalue weighted by Gasteiger charge is -2.29. The molecule has 242 valence electrons. The number of aliphatic hydroxyl groups excluding tert-OH is 1. The van der Waals surface area contributed by atoms with Crippen LogP contribution in [0.3, 0.4) is 0 Å². The third kappa shape index (κ3) is 7.98. The number of ether oxygens (including phenoxy) is 2. The predicted molar refractivity (Wildman–Crippen MR) is 162 cm³/mol. The van der Waals surface area contributed by atoms with E-state index in [0.29, 0.717) is 16.4 Å². The van der Waals surface area contributed by atoms with Crippen molar-refractivity contribution in [1.82, 2.24) is 14.6 Å². The minimum absolute atomic E-state index is 0.0996. The minimum atomic E-state index is -4.64. The zero-order chi connectivity index (χ0) is 33.0. The molecule has 1 aliphatic heterocycles. The van der Waals surface area contributed by atoms with Crippen LogP contribution in [0, 0.1) is 5.41 Å². The van der Waals surface area contributed by atoms with Gasteiger partial charge in [-0.05, 0) is 41.8 Å². The first-order valence-corrected chi connectivity index (χ1v) is 15.5. The van der Waals surface area contributed by atoms with Crippen molar-refractivity contribution >= 4 is 30.3 Å². The Kier molecular flexibility index (Phi) is 10.2. The highest BCUT2D eigenvalue weighted by molar-refractivity contribution is 7.52. The predicted octanol–water partition coefficient (Wildman–Crippen LogP) is 4.37. The van der Waals surface area contributed by atoms with E-state index in [9.17, 15) is 24.8 Å². The van der Waals surface area contributed by atoms with Crippen LogP contribution in [0.5, 0.6) is 5.75 Å². The molecule has 0 radical (unpaired) electrons. The highest BCUT2D eigenvalue weighted by Gasteiger charge is 2.57. The molecule has 0 aliphatic carbocycles. The van der Waals surface area contributed by atoms with Crippen LogP contribution in [0.1, 0.15) is 40.3 Å². The fourth-order valence-electron chi connectivity index (χ4n) is 4.43. The van der Waals surface area contributed by atoms with Gasteiger partial charge in [-0.1, -0.05) is 62.3 Å². The van der Waals surface area contributed by atoms with E-state index in [1.807, 2.05) is 20.8 Å². The third-order valence-corrected chi connectivity index (χ3v) is 8.52. The average molecular weight is 648 g/mol. The summed E-state index contributed by atoms with van der Waals surface area (Å²) in [6.45, 7) is 6.38. The summed E-state index contributed by atoms with van der Waals surface area (Å²) < 4.78 is 52.8. The molecule has 4 N–H and O–H groups in total. The first-order chi connectivity index (χ1) is 21.2. The van der Waals surface area contributed by atoms with Gasteiger partial charge in [-0.25, -0.2) is 13.8 Å². The third-order valence-electron chi connectivity index (χ3n) is 6.91. The van der Waals surface area contributed by atoms with Gasteiger partial charge in [0.05, 0.1) is 13.2 Å². The number of carbonyl (C=O) groups excluding carboxylic acids is 1. The maximum absolute atomic E-state index is 15.4. The Morgan fingerprint density at radius 3 is 2.71 bits per heavy atom. The summed E-state index contributed by atoms with van der Waals surface area (Å²) >= 11 is 0. The summed E-state index contributed by atoms with van der Waals surface area (Å²) in [5.41, 5.74) is 11.2. The lowest BCUT2D eigenvalue weighted by atomic mass is 9.93. The van der Waals surface area contributed by atoms with E-state index in [4.69, 9.17) is 24.3 Å². The van der Waals surface area contributed by atoms with E-state index in [1.54, 1.807) is 36.4 Å². The molecule has 2 heterocycles. The molecular formula is C28H35FN7O8P. The van der Waals surface area contributed by atoms with Crippen LogP contribution in [0.2, 0.25) is 0 Å². The highest BCUT2D eigenvalue weighted by atomic mass is 31.2. The van der Waals surface area contributed by atoms with Gasteiger partial charge >= 0.3 is 19.4 Å². The zero-order valence-electron chi connectivity index (χ0n) is 25.1. The maximum atomic E-state index is 15.4. The fraction of sp³-hybridized carbons (Fsp3) is 0.464. The summed E-state index contributed by atoms with van der Waals surface area (Å²) in [5, 5.41) is 18.1. The lowest BCUT2D eigenvalue weighted by molar-refractivity contribution is -0.146. The first kappa shape index (κ1) is 33.8. The van der Waals surface area contributed by atoms with E-state index in [0.717, 1.165) is 11.6 Å². The van der Waals surface area contributed by atoms with Gasteiger partial charge in [-0.3, -0.25) is 13.9 Å². The van der Waals surface area contributed by atoms with Crippen molar-refractivity contribution in [2.45, 2.75) is 64.4 Å². The van der Waals surface area contributed by atoms with Gasteiger partial charge in [0, 0.05) is 16.5 Å². The Labute approximate surface area is 257 Å². The Balaban J connectivity index is 1.64. The number of fused-ring (bicyclic) bond motifs is 1. The van der Waals surface area contributed by atoms with Crippen LogP contribution in [0.4, 0.5) is 10.2 Å². The van der Waals surface area contributed by atoms with Gasteiger partial charge in [0.15, 0.2) is 12.4 Å². The van der Waals surface area contributed by atoms with Crippen LogP contribution in [-0.2, 0) is 23.4 Å². The Morgan fingerprint density at radius 2 is 2.02 bits per heavy atom. The van der Waals surface area contributed by atoms with Gasteiger partial charge in [0.1, 0.15) is 23.7 Å². The van der Waals surface area contributed by atoms with Crippen LogP contribution >= 0.6 is 7.75 Å². The molecule has 0 spiro atoms. The summed E-state index contributed by atoms with van der Waals surface area (Å²) in [6, 6.07) is 12.0. The Morgan fingerprint density at radius 1 is 1.31 bits per heavy atom. The second kappa shape index (κ2) is 13.5. The second-order valence-electron chi connectivity index (χ2n) is 11.6. The van der Waals surface area contributed by atoms with Crippen molar-refractivity contribution in [3.05, 3.63) is 75.7 Å². The molecule has 0 saturated carbocycles. The van der Waals surface area contributed by atoms with Crippen LogP contribution in [-0.4, -0.2) is 57.9 Å². The summed E-state index contributed by atoms with van der Waals surface area (Å²) in [7, 11) is -4.64. The molecule has 0 bridgehead atoms. The van der Waals surface area contributed by atoms with Crippen molar-refractivity contribution in [2.75, 3.05) is 18.9 Å². The Hall–Kier alpha value is -4.04. The number of hydrogen-bond donors (Lipinski definition) is 3. The van der Waals surface area contributed by atoms with Gasteiger partial charge in [-0.2, -0.15) is 10.1 Å². The molecule has 3 aromatic rings. The largest absolute Gasteiger partial charge is 0.465 e. The number of nitrogens with zero attached hydrogens (tertiary/aromatic N) is 5. The highest BCUT2D eigenvalue weighted by Crippen LogP contribution is 2.49. The number of carbonyl (C=O) groups is 1. The molecule has 4 rings (SSSR count). The lowest BCUT2D eigenvalue weighted by Crippen LogP contribution is -2.45. The first-order valence-electron chi connectivity index (χ1n) is 13.9. The van der Waals surface area contributed by atoms with Crippen molar-refractivity contribution in [2.24, 2.45) is 10.5 Å². The summed E-state index contributed by atoms with van der Waals surface area (Å²) in [6.07, 6.45) is -4.70. The fourth-order valence-corrected chi connectivity index (χ4v) is 5.96. The molecule has 1 fully saturated rings. The van der Waals surface area contributed by atoms with E-state index in [-0.39, 0.29) is 23.6 Å². The number of rotatable bonds is 12. The van der Waals surface area contributed by atoms with Crippen LogP contribution < -0.4 is 21.0 Å². The number of nitrogens with two attached hydrogens (primary N) is 1. The number of esters is 1. The molecule has 17 heteroatoms. The molecule has 0 amide bonds. The number of aromatic nitrogens is 2. The molecule has 1 saturated heterocycles. The number of nitrogens with one attached hydrogen (secondary N) is 1. The smallest absolute Gasteiger partial charge is 0.459 e. The van der Waals surface area contributed by atoms with Gasteiger partial charge < -0.3 is 24.8 Å². The molecule has 15 nitrogen and oxygen atoms in total.